The van der Waals surface area contributed by atoms with E-state index in [1.54, 1.807) is 13.0 Å². The zero-order valence-corrected chi connectivity index (χ0v) is 16.6. The first-order chi connectivity index (χ1) is 13.8. The molecule has 1 amide bonds. The second-order valence-corrected chi connectivity index (χ2v) is 8.52. The van der Waals surface area contributed by atoms with Crippen LogP contribution in [0.1, 0.15) is 35.7 Å². The van der Waals surface area contributed by atoms with Crippen molar-refractivity contribution in [2.24, 2.45) is 5.10 Å². The van der Waals surface area contributed by atoms with Gasteiger partial charge in [0.2, 0.25) is 10.0 Å². The smallest absolute Gasteiger partial charge is 0.267 e. The van der Waals surface area contributed by atoms with Crippen LogP contribution >= 0.6 is 0 Å². The summed E-state index contributed by atoms with van der Waals surface area (Å²) in [4.78, 5) is 22.8. The SMILES string of the molecule is C/C(=N/NC(=O)c1ccc(S(=O)(=O)N2CCCC2)cc1)c1cccc([N+](=O)[O-])c1. The molecule has 0 aliphatic carbocycles. The third kappa shape index (κ3) is 4.66. The van der Waals surface area contributed by atoms with Gasteiger partial charge in [-0.15, -0.1) is 0 Å². The van der Waals surface area contributed by atoms with Gasteiger partial charge in [-0.2, -0.15) is 9.41 Å². The van der Waals surface area contributed by atoms with Crippen molar-refractivity contribution >= 4 is 27.3 Å². The van der Waals surface area contributed by atoms with E-state index < -0.39 is 20.9 Å². The van der Waals surface area contributed by atoms with E-state index in [1.807, 2.05) is 0 Å². The second kappa shape index (κ2) is 8.50. The number of carbonyl (C=O) groups is 1. The Hall–Kier alpha value is -3.11. The summed E-state index contributed by atoms with van der Waals surface area (Å²) in [6.07, 6.45) is 1.70. The summed E-state index contributed by atoms with van der Waals surface area (Å²) in [7, 11) is -3.54. The highest BCUT2D eigenvalue weighted by Gasteiger charge is 2.27. The van der Waals surface area contributed by atoms with Gasteiger partial charge in [-0.3, -0.25) is 14.9 Å². The van der Waals surface area contributed by atoms with Crippen molar-refractivity contribution < 1.29 is 18.1 Å². The molecule has 0 radical (unpaired) electrons. The zero-order chi connectivity index (χ0) is 21.0. The first-order valence-electron chi connectivity index (χ1n) is 8.99. The Bertz CT molecular complexity index is 1060. The van der Waals surface area contributed by atoms with Gasteiger partial charge < -0.3 is 0 Å². The van der Waals surface area contributed by atoms with E-state index in [2.05, 4.69) is 10.5 Å². The number of hydrazone groups is 1. The molecular weight excluding hydrogens is 396 g/mol. The Morgan fingerprint density at radius 1 is 1.10 bits per heavy atom. The summed E-state index contributed by atoms with van der Waals surface area (Å²) in [5.74, 6) is -0.514. The van der Waals surface area contributed by atoms with Gasteiger partial charge in [0.05, 0.1) is 15.5 Å². The number of nitrogens with one attached hydrogen (secondary N) is 1. The van der Waals surface area contributed by atoms with Crippen molar-refractivity contribution in [1.29, 1.82) is 0 Å². The van der Waals surface area contributed by atoms with Crippen LogP contribution in [0.5, 0.6) is 0 Å². The number of benzene rings is 2. The van der Waals surface area contributed by atoms with Gasteiger partial charge in [0, 0.05) is 36.3 Å². The molecule has 152 valence electrons. The van der Waals surface area contributed by atoms with Gasteiger partial charge in [-0.25, -0.2) is 13.8 Å². The van der Waals surface area contributed by atoms with Gasteiger partial charge in [0.25, 0.3) is 11.6 Å². The average molecular weight is 416 g/mol. The quantitative estimate of drug-likeness (QED) is 0.440. The second-order valence-electron chi connectivity index (χ2n) is 6.58. The molecule has 10 heteroatoms. The van der Waals surface area contributed by atoms with E-state index in [0.717, 1.165) is 12.8 Å². The summed E-state index contributed by atoms with van der Waals surface area (Å²) in [6.45, 7) is 2.64. The number of carbonyl (C=O) groups excluding carboxylic acids is 1. The van der Waals surface area contributed by atoms with Crippen LogP contribution in [0.4, 0.5) is 5.69 Å². The lowest BCUT2D eigenvalue weighted by Gasteiger charge is -2.15. The largest absolute Gasteiger partial charge is 0.271 e. The Kier molecular flexibility index (Phi) is 6.04. The van der Waals surface area contributed by atoms with Crippen molar-refractivity contribution in [3.8, 4) is 0 Å². The first kappa shape index (κ1) is 20.6. The molecule has 2 aromatic rings. The van der Waals surface area contributed by atoms with Gasteiger partial charge in [0.1, 0.15) is 0 Å². The molecule has 29 heavy (non-hydrogen) atoms. The minimum atomic E-state index is -3.54. The Morgan fingerprint density at radius 3 is 2.38 bits per heavy atom. The summed E-state index contributed by atoms with van der Waals surface area (Å²) in [5.41, 5.74) is 3.46. The standard InChI is InChI=1S/C19H20N4O5S/c1-14(16-5-4-6-17(13-16)23(25)26)20-21-19(24)15-7-9-18(10-8-15)29(27,28)22-11-2-3-12-22/h4-10,13H,2-3,11-12H2,1H3,(H,21,24)/b20-14-. The molecule has 0 spiro atoms. The number of hydrogen-bond acceptors (Lipinski definition) is 6. The summed E-state index contributed by atoms with van der Waals surface area (Å²) < 4.78 is 26.5. The lowest BCUT2D eigenvalue weighted by molar-refractivity contribution is -0.384. The van der Waals surface area contributed by atoms with Crippen molar-refractivity contribution in [3.05, 3.63) is 69.8 Å². The fourth-order valence-electron chi connectivity index (χ4n) is 2.96. The van der Waals surface area contributed by atoms with E-state index in [9.17, 15) is 23.3 Å². The highest BCUT2D eigenvalue weighted by atomic mass is 32.2. The third-order valence-corrected chi connectivity index (χ3v) is 6.53. The molecule has 9 nitrogen and oxygen atoms in total. The molecule has 0 bridgehead atoms. The molecule has 0 saturated carbocycles. The molecule has 1 N–H and O–H groups in total. The molecule has 0 atom stereocenters. The maximum atomic E-state index is 12.5. The number of non-ortho nitro benzene ring substituents is 1. The summed E-state index contributed by atoms with van der Waals surface area (Å²) in [6, 6.07) is 11.6. The van der Waals surface area contributed by atoms with Crippen LogP contribution in [-0.4, -0.2) is 42.4 Å². The van der Waals surface area contributed by atoms with Gasteiger partial charge in [-0.1, -0.05) is 12.1 Å². The number of nitro benzene ring substituents is 1. The highest BCUT2D eigenvalue weighted by molar-refractivity contribution is 7.89. The van der Waals surface area contributed by atoms with E-state index in [0.29, 0.717) is 24.4 Å². The lowest BCUT2D eigenvalue weighted by Crippen LogP contribution is -2.28. The molecule has 2 aromatic carbocycles. The van der Waals surface area contributed by atoms with Gasteiger partial charge in [-0.05, 0) is 44.0 Å². The van der Waals surface area contributed by atoms with Crippen molar-refractivity contribution in [2.75, 3.05) is 13.1 Å². The fourth-order valence-corrected chi connectivity index (χ4v) is 4.48. The molecule has 0 unspecified atom stereocenters. The van der Waals surface area contributed by atoms with Crippen LogP contribution in [0, 0.1) is 10.1 Å². The van der Waals surface area contributed by atoms with Crippen molar-refractivity contribution in [3.63, 3.8) is 0 Å². The molecule has 1 saturated heterocycles. The Balaban J connectivity index is 1.70. The van der Waals surface area contributed by atoms with Gasteiger partial charge >= 0.3 is 0 Å². The summed E-state index contributed by atoms with van der Waals surface area (Å²) >= 11 is 0. The Morgan fingerprint density at radius 2 is 1.76 bits per heavy atom. The summed E-state index contributed by atoms with van der Waals surface area (Å²) in [5, 5.41) is 14.8. The first-order valence-corrected chi connectivity index (χ1v) is 10.4. The number of amides is 1. The van der Waals surface area contributed by atoms with E-state index in [1.165, 1.54) is 46.8 Å². The molecule has 1 fully saturated rings. The lowest BCUT2D eigenvalue weighted by atomic mass is 10.1. The maximum absolute atomic E-state index is 12.5. The van der Waals surface area contributed by atoms with E-state index >= 15 is 0 Å². The van der Waals surface area contributed by atoms with E-state index in [-0.39, 0.29) is 16.1 Å². The molecule has 1 heterocycles. The highest BCUT2D eigenvalue weighted by Crippen LogP contribution is 2.21. The predicted octanol–water partition coefficient (Wildman–Crippen LogP) is 2.53. The van der Waals surface area contributed by atoms with Crippen LogP contribution in [0.2, 0.25) is 0 Å². The third-order valence-electron chi connectivity index (χ3n) is 4.62. The number of sulfonamides is 1. The Labute approximate surface area is 168 Å². The van der Waals surface area contributed by atoms with Gasteiger partial charge in [0.15, 0.2) is 0 Å². The molecule has 0 aromatic heterocycles. The normalized spacial score (nSPS) is 15.3. The zero-order valence-electron chi connectivity index (χ0n) is 15.7. The van der Waals surface area contributed by atoms with Crippen LogP contribution in [0.15, 0.2) is 58.5 Å². The van der Waals surface area contributed by atoms with Crippen LogP contribution < -0.4 is 5.43 Å². The molecule has 3 rings (SSSR count). The monoisotopic (exact) mass is 416 g/mol. The predicted molar refractivity (Wildman–Crippen MR) is 107 cm³/mol. The molecular formula is C19H20N4O5S. The van der Waals surface area contributed by atoms with Crippen LogP contribution in [0.25, 0.3) is 0 Å². The van der Waals surface area contributed by atoms with Crippen LogP contribution in [-0.2, 0) is 10.0 Å². The number of hydrogen-bond donors (Lipinski definition) is 1. The van der Waals surface area contributed by atoms with Crippen LogP contribution in [0.3, 0.4) is 0 Å². The minimum absolute atomic E-state index is 0.0711. The number of nitro groups is 1. The van der Waals surface area contributed by atoms with E-state index in [4.69, 9.17) is 0 Å². The topological polar surface area (TPSA) is 122 Å². The number of rotatable bonds is 6. The molecule has 1 aliphatic rings. The van der Waals surface area contributed by atoms with Crippen molar-refractivity contribution in [2.45, 2.75) is 24.7 Å². The molecule has 1 aliphatic heterocycles. The maximum Gasteiger partial charge on any atom is 0.271 e. The number of nitrogens with zero attached hydrogens (tertiary/aromatic N) is 3. The fraction of sp³-hybridized carbons (Fsp3) is 0.263. The van der Waals surface area contributed by atoms with Crippen molar-refractivity contribution in [1.82, 2.24) is 9.73 Å². The minimum Gasteiger partial charge on any atom is -0.267 e. The average Bonchev–Trinajstić information content (AvgIpc) is 3.27.